The molecule has 1 unspecified atom stereocenters. The van der Waals surface area contributed by atoms with Crippen LogP contribution in [-0.2, 0) is 0 Å². The van der Waals surface area contributed by atoms with Crippen LogP contribution in [0.5, 0.6) is 0 Å². The molecule has 1 aromatic carbocycles. The maximum atomic E-state index is 10.1. The molecule has 0 heterocycles. The molecule has 0 aromatic heterocycles. The Hall–Kier alpha value is -1.30. The van der Waals surface area contributed by atoms with Crippen molar-refractivity contribution in [3.05, 3.63) is 53.8 Å². The SMILES string of the molecule is C=C=C(CCCCC)C(O)c1ccccc1. The molecule has 16 heavy (non-hydrogen) atoms. The largest absolute Gasteiger partial charge is 0.383 e. The van der Waals surface area contributed by atoms with Gasteiger partial charge in [0, 0.05) is 5.57 Å². The minimum atomic E-state index is -0.546. The van der Waals surface area contributed by atoms with Crippen LogP contribution < -0.4 is 0 Å². The molecule has 1 aromatic rings. The van der Waals surface area contributed by atoms with Crippen molar-refractivity contribution in [2.24, 2.45) is 0 Å². The van der Waals surface area contributed by atoms with Gasteiger partial charge in [0.1, 0.15) is 6.10 Å². The number of hydrogen-bond donors (Lipinski definition) is 1. The van der Waals surface area contributed by atoms with E-state index in [9.17, 15) is 5.11 Å². The van der Waals surface area contributed by atoms with Crippen molar-refractivity contribution in [2.75, 3.05) is 0 Å². The molecule has 1 atom stereocenters. The van der Waals surface area contributed by atoms with Gasteiger partial charge in [-0.3, -0.25) is 0 Å². The molecule has 1 rings (SSSR count). The highest BCUT2D eigenvalue weighted by atomic mass is 16.3. The van der Waals surface area contributed by atoms with Crippen molar-refractivity contribution in [2.45, 2.75) is 38.7 Å². The van der Waals surface area contributed by atoms with Crippen LogP contribution in [0.4, 0.5) is 0 Å². The molecule has 86 valence electrons. The Morgan fingerprint density at radius 3 is 2.56 bits per heavy atom. The van der Waals surface area contributed by atoms with Gasteiger partial charge in [-0.25, -0.2) is 0 Å². The Labute approximate surface area is 98.1 Å². The Bertz CT molecular complexity index is 347. The molecule has 1 nitrogen and oxygen atoms in total. The predicted molar refractivity (Wildman–Crippen MR) is 68.2 cm³/mol. The highest BCUT2D eigenvalue weighted by molar-refractivity contribution is 5.25. The quantitative estimate of drug-likeness (QED) is 0.562. The van der Waals surface area contributed by atoms with Gasteiger partial charge in [0.15, 0.2) is 0 Å². The zero-order chi connectivity index (χ0) is 11.8. The minimum Gasteiger partial charge on any atom is -0.383 e. The first-order valence-corrected chi connectivity index (χ1v) is 5.91. The van der Waals surface area contributed by atoms with Crippen molar-refractivity contribution >= 4 is 0 Å². The molecule has 0 saturated heterocycles. The van der Waals surface area contributed by atoms with Crippen LogP contribution >= 0.6 is 0 Å². The maximum absolute atomic E-state index is 10.1. The Morgan fingerprint density at radius 1 is 1.31 bits per heavy atom. The monoisotopic (exact) mass is 216 g/mol. The molecule has 1 heteroatoms. The third-order valence-electron chi connectivity index (χ3n) is 2.72. The van der Waals surface area contributed by atoms with Gasteiger partial charge in [0.2, 0.25) is 0 Å². The Balaban J connectivity index is 2.64. The van der Waals surface area contributed by atoms with Gasteiger partial charge < -0.3 is 5.11 Å². The molecular weight excluding hydrogens is 196 g/mol. The average molecular weight is 216 g/mol. The zero-order valence-corrected chi connectivity index (χ0v) is 9.95. The lowest BCUT2D eigenvalue weighted by Gasteiger charge is -2.13. The summed E-state index contributed by atoms with van der Waals surface area (Å²) in [5.74, 6) is 0. The molecule has 0 spiro atoms. The lowest BCUT2D eigenvalue weighted by atomic mass is 9.97. The summed E-state index contributed by atoms with van der Waals surface area (Å²) in [5, 5.41) is 10.1. The zero-order valence-electron chi connectivity index (χ0n) is 9.95. The molecule has 0 radical (unpaired) electrons. The first-order chi connectivity index (χ1) is 7.79. The number of aliphatic hydroxyl groups is 1. The van der Waals surface area contributed by atoms with Crippen LogP contribution in [-0.4, -0.2) is 5.11 Å². The van der Waals surface area contributed by atoms with Crippen molar-refractivity contribution < 1.29 is 5.11 Å². The number of rotatable bonds is 6. The van der Waals surface area contributed by atoms with E-state index in [1.807, 2.05) is 30.3 Å². The third kappa shape index (κ3) is 3.69. The fourth-order valence-electron chi connectivity index (χ4n) is 1.72. The second-order valence-corrected chi connectivity index (χ2v) is 3.97. The van der Waals surface area contributed by atoms with E-state index >= 15 is 0 Å². The van der Waals surface area contributed by atoms with Crippen LogP contribution in [0.3, 0.4) is 0 Å². The number of aliphatic hydroxyl groups excluding tert-OH is 1. The molecule has 0 aliphatic rings. The van der Waals surface area contributed by atoms with Crippen molar-refractivity contribution in [1.29, 1.82) is 0 Å². The molecule has 1 N–H and O–H groups in total. The van der Waals surface area contributed by atoms with Gasteiger partial charge in [-0.2, -0.15) is 0 Å². The summed E-state index contributed by atoms with van der Waals surface area (Å²) in [6, 6.07) is 9.69. The summed E-state index contributed by atoms with van der Waals surface area (Å²) < 4.78 is 0. The highest BCUT2D eigenvalue weighted by Crippen LogP contribution is 2.24. The lowest BCUT2D eigenvalue weighted by Crippen LogP contribution is -2.00. The van der Waals surface area contributed by atoms with E-state index in [1.165, 1.54) is 12.8 Å². The van der Waals surface area contributed by atoms with Crippen molar-refractivity contribution in [1.82, 2.24) is 0 Å². The topological polar surface area (TPSA) is 20.2 Å². The van der Waals surface area contributed by atoms with Crippen LogP contribution in [0.2, 0.25) is 0 Å². The molecule has 0 amide bonds. The van der Waals surface area contributed by atoms with Crippen LogP contribution in [0, 0.1) is 0 Å². The summed E-state index contributed by atoms with van der Waals surface area (Å²) in [6.45, 7) is 5.84. The van der Waals surface area contributed by atoms with E-state index in [-0.39, 0.29) is 0 Å². The fraction of sp³-hybridized carbons (Fsp3) is 0.400. The number of hydrogen-bond acceptors (Lipinski definition) is 1. The summed E-state index contributed by atoms with van der Waals surface area (Å²) in [6.07, 6.45) is 3.81. The fourth-order valence-corrected chi connectivity index (χ4v) is 1.72. The van der Waals surface area contributed by atoms with E-state index in [2.05, 4.69) is 19.2 Å². The van der Waals surface area contributed by atoms with Crippen molar-refractivity contribution in [3.8, 4) is 0 Å². The summed E-state index contributed by atoms with van der Waals surface area (Å²) in [4.78, 5) is 0. The van der Waals surface area contributed by atoms with Gasteiger partial charge in [-0.05, 0) is 18.4 Å². The van der Waals surface area contributed by atoms with E-state index in [0.29, 0.717) is 0 Å². The average Bonchev–Trinajstić information content (AvgIpc) is 2.35. The maximum Gasteiger partial charge on any atom is 0.107 e. The predicted octanol–water partition coefficient (Wildman–Crippen LogP) is 4.01. The first kappa shape index (κ1) is 12.8. The molecular formula is C15H20O. The Kier molecular flexibility index (Phi) is 5.63. The molecule has 0 bridgehead atoms. The minimum absolute atomic E-state index is 0.546. The summed E-state index contributed by atoms with van der Waals surface area (Å²) >= 11 is 0. The Morgan fingerprint density at radius 2 is 2.00 bits per heavy atom. The van der Waals surface area contributed by atoms with Gasteiger partial charge in [0.05, 0.1) is 0 Å². The smallest absolute Gasteiger partial charge is 0.107 e. The summed E-state index contributed by atoms with van der Waals surface area (Å²) in [5.41, 5.74) is 4.70. The van der Waals surface area contributed by atoms with E-state index in [0.717, 1.165) is 24.0 Å². The van der Waals surface area contributed by atoms with Crippen LogP contribution in [0.15, 0.2) is 48.2 Å². The lowest BCUT2D eigenvalue weighted by molar-refractivity contribution is 0.211. The van der Waals surface area contributed by atoms with Gasteiger partial charge in [-0.1, -0.05) is 56.7 Å². The van der Waals surface area contributed by atoms with Crippen molar-refractivity contribution in [3.63, 3.8) is 0 Å². The number of benzene rings is 1. The molecule has 0 saturated carbocycles. The molecule has 0 aliphatic heterocycles. The third-order valence-corrected chi connectivity index (χ3v) is 2.72. The summed E-state index contributed by atoms with van der Waals surface area (Å²) in [7, 11) is 0. The standard InChI is InChI=1S/C15H20O/c1-3-5-7-10-13(4-2)15(16)14-11-8-6-9-12-14/h6,8-9,11-12,15-16H,2-3,5,7,10H2,1H3. The van der Waals surface area contributed by atoms with Gasteiger partial charge in [0.25, 0.3) is 0 Å². The van der Waals surface area contributed by atoms with E-state index in [1.54, 1.807) is 0 Å². The number of unbranched alkanes of at least 4 members (excludes halogenated alkanes) is 2. The first-order valence-electron chi connectivity index (χ1n) is 5.91. The second-order valence-electron chi connectivity index (χ2n) is 3.97. The molecule has 0 aliphatic carbocycles. The van der Waals surface area contributed by atoms with Gasteiger partial charge in [-0.15, -0.1) is 5.73 Å². The van der Waals surface area contributed by atoms with Gasteiger partial charge >= 0.3 is 0 Å². The van der Waals surface area contributed by atoms with Crippen LogP contribution in [0.25, 0.3) is 0 Å². The normalized spacial score (nSPS) is 11.9. The highest BCUT2D eigenvalue weighted by Gasteiger charge is 2.11. The molecule has 0 fully saturated rings. The van der Waals surface area contributed by atoms with Crippen LogP contribution in [0.1, 0.15) is 44.3 Å². The van der Waals surface area contributed by atoms with E-state index in [4.69, 9.17) is 0 Å². The van der Waals surface area contributed by atoms with E-state index < -0.39 is 6.10 Å². The second kappa shape index (κ2) is 7.05.